The van der Waals surface area contributed by atoms with Crippen LogP contribution >= 0.6 is 11.6 Å². The molecule has 2 unspecified atom stereocenters. The van der Waals surface area contributed by atoms with Crippen molar-refractivity contribution in [2.24, 2.45) is 5.92 Å². The molecule has 2 atom stereocenters. The number of nitrogens with one attached hydrogen (secondary N) is 1. The molecular formula is C12H23ClN2O. The first-order valence-corrected chi connectivity index (χ1v) is 6.70. The second kappa shape index (κ2) is 7.13. The highest BCUT2D eigenvalue weighted by Gasteiger charge is 2.22. The van der Waals surface area contributed by atoms with Crippen LogP contribution in [0.15, 0.2) is 0 Å². The van der Waals surface area contributed by atoms with Crippen molar-refractivity contribution >= 4 is 17.5 Å². The van der Waals surface area contributed by atoms with E-state index >= 15 is 0 Å². The van der Waals surface area contributed by atoms with E-state index in [2.05, 4.69) is 17.1 Å². The predicted octanol–water partition coefficient (Wildman–Crippen LogP) is 1.85. The number of rotatable bonds is 6. The molecule has 0 aromatic rings. The number of alkyl halides is 1. The number of hydrogen-bond donors (Lipinski definition) is 1. The number of amides is 1. The minimum absolute atomic E-state index is 0.0855. The van der Waals surface area contributed by atoms with Gasteiger partial charge in [0.2, 0.25) is 5.91 Å². The maximum absolute atomic E-state index is 10.9. The van der Waals surface area contributed by atoms with Crippen LogP contribution in [0.1, 0.15) is 33.1 Å². The monoisotopic (exact) mass is 246 g/mol. The van der Waals surface area contributed by atoms with Gasteiger partial charge in [0, 0.05) is 31.9 Å². The van der Waals surface area contributed by atoms with Crippen LogP contribution in [0, 0.1) is 5.92 Å². The van der Waals surface area contributed by atoms with Crippen molar-refractivity contribution in [1.82, 2.24) is 10.2 Å². The van der Waals surface area contributed by atoms with Gasteiger partial charge in [-0.15, -0.1) is 11.6 Å². The van der Waals surface area contributed by atoms with Crippen LogP contribution in [0.25, 0.3) is 0 Å². The molecule has 1 saturated heterocycles. The highest BCUT2D eigenvalue weighted by Crippen LogP contribution is 2.14. The van der Waals surface area contributed by atoms with Crippen molar-refractivity contribution in [1.29, 1.82) is 0 Å². The Bertz CT molecular complexity index is 223. The van der Waals surface area contributed by atoms with Gasteiger partial charge in [-0.25, -0.2) is 0 Å². The topological polar surface area (TPSA) is 32.3 Å². The molecule has 94 valence electrons. The molecule has 4 heteroatoms. The standard InChI is InChI=1S/C12H23ClN2O/c1-10(3-6-13)4-7-15-8-5-12(9-15)14-11(2)16/h10,12H,3-9H2,1-2H3,(H,14,16). The molecule has 1 fully saturated rings. The van der Waals surface area contributed by atoms with Crippen LogP contribution < -0.4 is 5.32 Å². The summed E-state index contributed by atoms with van der Waals surface area (Å²) in [6.07, 6.45) is 3.40. The molecule has 1 heterocycles. The average Bonchev–Trinajstić information content (AvgIpc) is 2.62. The second-order valence-electron chi connectivity index (χ2n) is 4.86. The molecule has 0 spiro atoms. The quantitative estimate of drug-likeness (QED) is 0.726. The largest absolute Gasteiger partial charge is 0.352 e. The van der Waals surface area contributed by atoms with E-state index in [4.69, 9.17) is 11.6 Å². The summed E-state index contributed by atoms with van der Waals surface area (Å²) in [6, 6.07) is 0.362. The van der Waals surface area contributed by atoms with Crippen LogP contribution in [0.5, 0.6) is 0 Å². The first-order chi connectivity index (χ1) is 7.61. The lowest BCUT2D eigenvalue weighted by Crippen LogP contribution is -2.35. The van der Waals surface area contributed by atoms with Gasteiger partial charge in [-0.3, -0.25) is 4.79 Å². The third kappa shape index (κ3) is 5.17. The molecule has 1 amide bonds. The minimum atomic E-state index is 0.0855. The van der Waals surface area contributed by atoms with Crippen molar-refractivity contribution in [3.05, 3.63) is 0 Å². The van der Waals surface area contributed by atoms with Crippen LogP contribution in [0.3, 0.4) is 0 Å². The Hall–Kier alpha value is -0.280. The summed E-state index contributed by atoms with van der Waals surface area (Å²) >= 11 is 5.71. The summed E-state index contributed by atoms with van der Waals surface area (Å²) in [4.78, 5) is 13.3. The van der Waals surface area contributed by atoms with Gasteiger partial charge in [0.25, 0.3) is 0 Å². The van der Waals surface area contributed by atoms with E-state index in [9.17, 15) is 4.79 Å². The first-order valence-electron chi connectivity index (χ1n) is 6.17. The van der Waals surface area contributed by atoms with Gasteiger partial charge in [0.15, 0.2) is 0 Å². The average molecular weight is 247 g/mol. The number of hydrogen-bond acceptors (Lipinski definition) is 2. The molecule has 0 aliphatic carbocycles. The third-order valence-corrected chi connectivity index (χ3v) is 3.44. The fourth-order valence-electron chi connectivity index (χ4n) is 2.17. The molecule has 0 saturated carbocycles. The van der Waals surface area contributed by atoms with E-state index in [0.29, 0.717) is 12.0 Å². The third-order valence-electron chi connectivity index (χ3n) is 3.22. The molecule has 1 rings (SSSR count). The lowest BCUT2D eigenvalue weighted by Gasteiger charge is -2.18. The fourth-order valence-corrected chi connectivity index (χ4v) is 2.55. The molecule has 0 radical (unpaired) electrons. The summed E-state index contributed by atoms with van der Waals surface area (Å²) in [5, 5.41) is 2.98. The van der Waals surface area contributed by atoms with Crippen LogP contribution in [0.2, 0.25) is 0 Å². The van der Waals surface area contributed by atoms with Crippen molar-refractivity contribution < 1.29 is 4.79 Å². The number of likely N-dealkylation sites (tertiary alicyclic amines) is 1. The summed E-state index contributed by atoms with van der Waals surface area (Å²) in [7, 11) is 0. The highest BCUT2D eigenvalue weighted by molar-refractivity contribution is 6.17. The van der Waals surface area contributed by atoms with Crippen molar-refractivity contribution in [2.75, 3.05) is 25.5 Å². The number of carbonyl (C=O) groups excluding carboxylic acids is 1. The minimum Gasteiger partial charge on any atom is -0.352 e. The van der Waals surface area contributed by atoms with Crippen molar-refractivity contribution in [3.63, 3.8) is 0 Å². The predicted molar refractivity (Wildman–Crippen MR) is 67.8 cm³/mol. The molecule has 1 aliphatic rings. The Morgan fingerprint density at radius 1 is 1.56 bits per heavy atom. The Morgan fingerprint density at radius 3 is 2.94 bits per heavy atom. The molecular weight excluding hydrogens is 224 g/mol. The molecule has 0 bridgehead atoms. The van der Waals surface area contributed by atoms with E-state index in [1.54, 1.807) is 6.92 Å². The van der Waals surface area contributed by atoms with Gasteiger partial charge in [0.1, 0.15) is 0 Å². The molecule has 1 aliphatic heterocycles. The second-order valence-corrected chi connectivity index (χ2v) is 5.24. The first kappa shape index (κ1) is 13.8. The Kier molecular flexibility index (Phi) is 6.14. The number of carbonyl (C=O) groups is 1. The maximum Gasteiger partial charge on any atom is 0.217 e. The van der Waals surface area contributed by atoms with Gasteiger partial charge < -0.3 is 10.2 Å². The van der Waals surface area contributed by atoms with Gasteiger partial charge in [-0.2, -0.15) is 0 Å². The zero-order chi connectivity index (χ0) is 12.0. The number of halogens is 1. The molecule has 0 aromatic heterocycles. The Morgan fingerprint density at radius 2 is 2.31 bits per heavy atom. The summed E-state index contributed by atoms with van der Waals surface area (Å²) < 4.78 is 0. The summed E-state index contributed by atoms with van der Waals surface area (Å²) in [5.74, 6) is 1.55. The van der Waals surface area contributed by atoms with Gasteiger partial charge >= 0.3 is 0 Å². The molecule has 0 aromatic carbocycles. The van der Waals surface area contributed by atoms with E-state index in [-0.39, 0.29) is 5.91 Å². The van der Waals surface area contributed by atoms with E-state index in [1.165, 1.54) is 6.42 Å². The zero-order valence-corrected chi connectivity index (χ0v) is 11.1. The Balaban J connectivity index is 2.14. The summed E-state index contributed by atoms with van der Waals surface area (Å²) in [6.45, 7) is 7.09. The highest BCUT2D eigenvalue weighted by atomic mass is 35.5. The lowest BCUT2D eigenvalue weighted by molar-refractivity contribution is -0.119. The van der Waals surface area contributed by atoms with Gasteiger partial charge in [-0.05, 0) is 31.7 Å². The maximum atomic E-state index is 10.9. The SMILES string of the molecule is CC(=O)NC1CCN(CCC(C)CCCl)C1. The van der Waals surface area contributed by atoms with Crippen LogP contribution in [-0.2, 0) is 4.79 Å². The normalized spacial score (nSPS) is 23.3. The van der Waals surface area contributed by atoms with Crippen LogP contribution in [0.4, 0.5) is 0 Å². The van der Waals surface area contributed by atoms with Crippen LogP contribution in [-0.4, -0.2) is 42.4 Å². The zero-order valence-electron chi connectivity index (χ0n) is 10.3. The van der Waals surface area contributed by atoms with Gasteiger partial charge in [0.05, 0.1) is 0 Å². The number of nitrogens with zero attached hydrogens (tertiary/aromatic N) is 1. The van der Waals surface area contributed by atoms with Gasteiger partial charge in [-0.1, -0.05) is 6.92 Å². The lowest BCUT2D eigenvalue weighted by atomic mass is 10.1. The fraction of sp³-hybridized carbons (Fsp3) is 0.917. The smallest absolute Gasteiger partial charge is 0.217 e. The van der Waals surface area contributed by atoms with E-state index in [1.807, 2.05) is 0 Å². The van der Waals surface area contributed by atoms with E-state index in [0.717, 1.165) is 38.4 Å². The summed E-state index contributed by atoms with van der Waals surface area (Å²) in [5.41, 5.74) is 0. The molecule has 3 nitrogen and oxygen atoms in total. The van der Waals surface area contributed by atoms with E-state index < -0.39 is 0 Å². The Labute approximate surface area is 104 Å². The van der Waals surface area contributed by atoms with Crippen molar-refractivity contribution in [2.45, 2.75) is 39.2 Å². The molecule has 16 heavy (non-hydrogen) atoms. The molecule has 1 N–H and O–H groups in total. The van der Waals surface area contributed by atoms with Crippen molar-refractivity contribution in [3.8, 4) is 0 Å².